The predicted molar refractivity (Wildman–Crippen MR) is 127 cm³/mol. The van der Waals surface area contributed by atoms with E-state index in [1.807, 2.05) is 60.7 Å². The van der Waals surface area contributed by atoms with Crippen LogP contribution < -0.4 is 24.7 Å². The molecule has 1 heterocycles. The van der Waals surface area contributed by atoms with Crippen molar-refractivity contribution in [3.63, 3.8) is 0 Å². The van der Waals surface area contributed by atoms with Crippen LogP contribution in [0.5, 0.6) is 23.0 Å². The maximum absolute atomic E-state index is 6.03. The van der Waals surface area contributed by atoms with E-state index in [4.69, 9.17) is 24.7 Å². The topological polar surface area (TPSA) is 75.8 Å². The molecular weight excluding hydrogens is 424 g/mol. The van der Waals surface area contributed by atoms with Crippen LogP contribution in [0.1, 0.15) is 5.56 Å². The number of ether oxygens (including phenoxy) is 4. The van der Waals surface area contributed by atoms with Crippen molar-refractivity contribution in [1.29, 1.82) is 0 Å². The van der Waals surface area contributed by atoms with E-state index in [0.717, 1.165) is 37.7 Å². The Labute approximate surface area is 191 Å². The van der Waals surface area contributed by atoms with Gasteiger partial charge >= 0.3 is 0 Å². The molecule has 0 aliphatic heterocycles. The van der Waals surface area contributed by atoms with E-state index in [9.17, 15) is 0 Å². The van der Waals surface area contributed by atoms with Gasteiger partial charge in [0.15, 0.2) is 11.5 Å². The first-order chi connectivity index (χ1) is 15.6. The summed E-state index contributed by atoms with van der Waals surface area (Å²) in [6.07, 6.45) is 1.81. The number of nitrogens with two attached hydrogens (primary N) is 1. The first-order valence-electron chi connectivity index (χ1n) is 9.95. The van der Waals surface area contributed by atoms with Crippen molar-refractivity contribution >= 4 is 28.4 Å². The number of nitrogens with zero attached hydrogens (tertiary/aromatic N) is 1. The van der Waals surface area contributed by atoms with E-state index >= 15 is 0 Å². The molecule has 1 aromatic heterocycles. The molecule has 164 valence electrons. The molecule has 2 N–H and O–H groups in total. The zero-order valence-corrected chi connectivity index (χ0v) is 18.9. The van der Waals surface area contributed by atoms with Crippen molar-refractivity contribution in [1.82, 2.24) is 4.98 Å². The highest BCUT2D eigenvalue weighted by Gasteiger charge is 2.14. The third-order valence-electron chi connectivity index (χ3n) is 4.89. The summed E-state index contributed by atoms with van der Waals surface area (Å²) in [7, 11) is 4.77. The van der Waals surface area contributed by atoms with Crippen molar-refractivity contribution in [3.8, 4) is 23.0 Å². The van der Waals surface area contributed by atoms with E-state index < -0.39 is 0 Å². The quantitative estimate of drug-likeness (QED) is 0.353. The average Bonchev–Trinajstić information content (AvgIpc) is 2.82. The highest BCUT2D eigenvalue weighted by atomic mass is 32.2. The minimum absolute atomic E-state index is 0.347. The number of fused-ring (bicyclic) bond motifs is 1. The molecule has 32 heavy (non-hydrogen) atoms. The summed E-state index contributed by atoms with van der Waals surface area (Å²) in [6, 6.07) is 19.5. The van der Waals surface area contributed by atoms with Crippen LogP contribution in [0.2, 0.25) is 0 Å². The molecule has 0 spiro atoms. The first kappa shape index (κ1) is 21.6. The monoisotopic (exact) mass is 448 g/mol. The van der Waals surface area contributed by atoms with Crippen LogP contribution in [-0.2, 0) is 6.61 Å². The maximum Gasteiger partial charge on any atom is 0.203 e. The van der Waals surface area contributed by atoms with E-state index in [1.165, 1.54) is 0 Å². The largest absolute Gasteiger partial charge is 0.493 e. The molecule has 0 aliphatic carbocycles. The second-order valence-corrected chi connectivity index (χ2v) is 8.10. The Bertz CT molecular complexity index is 1220. The number of benzene rings is 3. The second-order valence-electron chi connectivity index (χ2n) is 6.98. The Kier molecular flexibility index (Phi) is 6.56. The summed E-state index contributed by atoms with van der Waals surface area (Å²) < 4.78 is 22.2. The molecule has 0 unspecified atom stereocenters. The standard InChI is InChI=1S/C25H24N2O4S/c1-28-22-11-16(12-23(29-2)25(22)30-3)15-31-18-7-8-20-21(14-18)27-10-9-24(20)32-19-6-4-5-17(26)13-19/h4-14H,15,26H2,1-3H3. The van der Waals surface area contributed by atoms with Crippen LogP contribution in [0.25, 0.3) is 10.9 Å². The van der Waals surface area contributed by atoms with Gasteiger partial charge in [0.1, 0.15) is 12.4 Å². The van der Waals surface area contributed by atoms with Gasteiger partial charge in [-0.2, -0.15) is 0 Å². The molecule has 7 heteroatoms. The molecule has 4 aromatic rings. The lowest BCUT2D eigenvalue weighted by Crippen LogP contribution is -2.00. The van der Waals surface area contributed by atoms with Crippen LogP contribution >= 0.6 is 11.8 Å². The number of anilines is 1. The highest BCUT2D eigenvalue weighted by molar-refractivity contribution is 7.99. The van der Waals surface area contributed by atoms with E-state index in [0.29, 0.717) is 23.9 Å². The smallest absolute Gasteiger partial charge is 0.203 e. The van der Waals surface area contributed by atoms with Crippen LogP contribution in [-0.4, -0.2) is 26.3 Å². The SMILES string of the molecule is COc1cc(COc2ccc3c(Sc4cccc(N)c4)ccnc3c2)cc(OC)c1OC. The molecule has 0 aliphatic rings. The Morgan fingerprint density at radius 3 is 2.34 bits per heavy atom. The zero-order chi connectivity index (χ0) is 22.5. The average molecular weight is 449 g/mol. The van der Waals surface area contributed by atoms with Crippen LogP contribution in [0.15, 0.2) is 76.7 Å². The van der Waals surface area contributed by atoms with Gasteiger partial charge in [-0.15, -0.1) is 0 Å². The first-order valence-corrected chi connectivity index (χ1v) is 10.8. The predicted octanol–water partition coefficient (Wildman–Crippen LogP) is 5.57. The number of rotatable bonds is 8. The zero-order valence-electron chi connectivity index (χ0n) is 18.1. The van der Waals surface area contributed by atoms with Crippen LogP contribution in [0.3, 0.4) is 0 Å². The molecule has 4 rings (SSSR count). The van der Waals surface area contributed by atoms with Gasteiger partial charge in [-0.05, 0) is 54.1 Å². The molecule has 0 amide bonds. The third-order valence-corrected chi connectivity index (χ3v) is 5.96. The normalized spacial score (nSPS) is 10.7. The third kappa shape index (κ3) is 4.68. The minimum Gasteiger partial charge on any atom is -0.493 e. The molecule has 0 fully saturated rings. The van der Waals surface area contributed by atoms with Gasteiger partial charge in [0.05, 0.1) is 26.8 Å². The molecule has 0 bridgehead atoms. The molecule has 0 radical (unpaired) electrons. The Morgan fingerprint density at radius 2 is 1.66 bits per heavy atom. The Morgan fingerprint density at radius 1 is 0.875 bits per heavy atom. The lowest BCUT2D eigenvalue weighted by atomic mass is 10.2. The Hall–Kier alpha value is -3.58. The van der Waals surface area contributed by atoms with E-state index in [-0.39, 0.29) is 0 Å². The minimum atomic E-state index is 0.347. The van der Waals surface area contributed by atoms with Gasteiger partial charge < -0.3 is 24.7 Å². The number of pyridine rings is 1. The fourth-order valence-corrected chi connectivity index (χ4v) is 4.38. The number of hydrogen-bond donors (Lipinski definition) is 1. The number of nitrogen functional groups attached to an aromatic ring is 1. The fraction of sp³-hybridized carbons (Fsp3) is 0.160. The Balaban J connectivity index is 1.55. The van der Waals surface area contributed by atoms with Crippen LogP contribution in [0.4, 0.5) is 5.69 Å². The lowest BCUT2D eigenvalue weighted by molar-refractivity contribution is 0.299. The summed E-state index contributed by atoms with van der Waals surface area (Å²) in [6.45, 7) is 0.347. The summed E-state index contributed by atoms with van der Waals surface area (Å²) in [4.78, 5) is 6.71. The summed E-state index contributed by atoms with van der Waals surface area (Å²) in [5.41, 5.74) is 8.42. The molecule has 3 aromatic carbocycles. The lowest BCUT2D eigenvalue weighted by Gasteiger charge is -2.15. The van der Waals surface area contributed by atoms with Gasteiger partial charge in [-0.3, -0.25) is 4.98 Å². The second kappa shape index (κ2) is 9.70. The molecule has 0 atom stereocenters. The fourth-order valence-electron chi connectivity index (χ4n) is 3.37. The number of hydrogen-bond acceptors (Lipinski definition) is 7. The highest BCUT2D eigenvalue weighted by Crippen LogP contribution is 2.39. The van der Waals surface area contributed by atoms with Gasteiger partial charge in [0.2, 0.25) is 5.75 Å². The van der Waals surface area contributed by atoms with E-state index in [2.05, 4.69) is 4.98 Å². The van der Waals surface area contributed by atoms with Crippen molar-refractivity contribution in [3.05, 3.63) is 72.4 Å². The number of aromatic nitrogens is 1. The maximum atomic E-state index is 6.03. The summed E-state index contributed by atoms with van der Waals surface area (Å²) >= 11 is 1.66. The van der Waals surface area contributed by atoms with Gasteiger partial charge in [-0.1, -0.05) is 17.8 Å². The van der Waals surface area contributed by atoms with Crippen molar-refractivity contribution in [2.24, 2.45) is 0 Å². The van der Waals surface area contributed by atoms with Crippen molar-refractivity contribution in [2.75, 3.05) is 27.1 Å². The van der Waals surface area contributed by atoms with Crippen molar-refractivity contribution < 1.29 is 18.9 Å². The van der Waals surface area contributed by atoms with Crippen LogP contribution in [0, 0.1) is 0 Å². The number of methoxy groups -OCH3 is 3. The van der Waals surface area contributed by atoms with Gasteiger partial charge in [0.25, 0.3) is 0 Å². The summed E-state index contributed by atoms with van der Waals surface area (Å²) in [5.74, 6) is 2.46. The van der Waals surface area contributed by atoms with Crippen molar-refractivity contribution in [2.45, 2.75) is 16.4 Å². The van der Waals surface area contributed by atoms with Gasteiger partial charge in [-0.25, -0.2) is 0 Å². The van der Waals surface area contributed by atoms with E-state index in [1.54, 1.807) is 39.3 Å². The molecule has 6 nitrogen and oxygen atoms in total. The molecular formula is C25H24N2O4S. The molecule has 0 saturated heterocycles. The molecule has 0 saturated carbocycles. The van der Waals surface area contributed by atoms with Gasteiger partial charge in [0, 0.05) is 33.1 Å². The summed E-state index contributed by atoms with van der Waals surface area (Å²) in [5, 5.41) is 1.06.